The third kappa shape index (κ3) is 5.78. The van der Waals surface area contributed by atoms with Crippen molar-refractivity contribution in [2.45, 2.75) is 89.6 Å². The summed E-state index contributed by atoms with van der Waals surface area (Å²) in [5.41, 5.74) is -0.308. The molecule has 34 heavy (non-hydrogen) atoms. The number of hydrogen-bond acceptors (Lipinski definition) is 6. The van der Waals surface area contributed by atoms with E-state index in [1.54, 1.807) is 31.6 Å². The minimum atomic E-state index is -0.985. The van der Waals surface area contributed by atoms with Crippen LogP contribution in [0.2, 0.25) is 5.02 Å². The van der Waals surface area contributed by atoms with Gasteiger partial charge in [-0.05, 0) is 58.3 Å². The zero-order valence-electron chi connectivity index (χ0n) is 20.2. The molecule has 2 aromatic heterocycles. The van der Waals surface area contributed by atoms with Gasteiger partial charge in [0.2, 0.25) is 11.8 Å². The van der Waals surface area contributed by atoms with Crippen LogP contribution in [0, 0.1) is 19.4 Å². The fraction of sp³-hybridized carbons (Fsp3) is 0.667. The van der Waals surface area contributed by atoms with Crippen molar-refractivity contribution in [3.05, 3.63) is 34.5 Å². The molecule has 0 spiro atoms. The lowest BCUT2D eigenvalue weighted by Gasteiger charge is -2.42. The summed E-state index contributed by atoms with van der Waals surface area (Å²) in [5, 5.41) is 11.6. The Morgan fingerprint density at radius 3 is 2.65 bits per heavy atom. The van der Waals surface area contributed by atoms with E-state index in [1.807, 2.05) is 6.92 Å². The van der Waals surface area contributed by atoms with E-state index in [9.17, 15) is 4.39 Å². The van der Waals surface area contributed by atoms with E-state index in [0.717, 1.165) is 37.1 Å². The first kappa shape index (κ1) is 24.7. The zero-order chi connectivity index (χ0) is 24.5. The summed E-state index contributed by atoms with van der Waals surface area (Å²) in [6.07, 6.45) is 8.79. The monoisotopic (exact) mass is 489 g/mol. The molecular formula is C24H33ClFN7O. The Labute approximate surface area is 205 Å². The summed E-state index contributed by atoms with van der Waals surface area (Å²) >= 11 is 6.29. The van der Waals surface area contributed by atoms with Gasteiger partial charge in [-0.15, -0.1) is 0 Å². The van der Waals surface area contributed by atoms with Gasteiger partial charge in [0, 0.05) is 25.9 Å². The average molecular weight is 490 g/mol. The smallest absolute Gasteiger partial charge is 0.319 e. The molecule has 2 heterocycles. The highest BCUT2D eigenvalue weighted by Gasteiger charge is 2.41. The number of aromatic nitrogens is 4. The molecule has 2 N–H and O–H groups in total. The quantitative estimate of drug-likeness (QED) is 0.482. The Hall–Kier alpha value is -2.44. The lowest BCUT2D eigenvalue weighted by Crippen LogP contribution is -2.53. The summed E-state index contributed by atoms with van der Waals surface area (Å²) in [5.74, 6) is 1.14. The molecule has 2 fully saturated rings. The van der Waals surface area contributed by atoms with Crippen LogP contribution >= 0.6 is 11.6 Å². The number of rotatable bonds is 8. The third-order valence-corrected chi connectivity index (χ3v) is 7.07. The molecule has 2 aliphatic rings. The second-order valence-electron chi connectivity index (χ2n) is 10.4. The second kappa shape index (κ2) is 9.67. The molecule has 0 unspecified atom stereocenters. The highest BCUT2D eigenvalue weighted by atomic mass is 35.5. The van der Waals surface area contributed by atoms with Crippen LogP contribution in [0.5, 0.6) is 5.88 Å². The molecule has 0 saturated heterocycles. The van der Waals surface area contributed by atoms with Crippen molar-refractivity contribution in [2.75, 3.05) is 11.9 Å². The van der Waals surface area contributed by atoms with Gasteiger partial charge in [0.25, 0.3) is 0 Å². The first-order chi connectivity index (χ1) is 16.0. The molecule has 4 rings (SSSR count). The molecule has 0 atom stereocenters. The number of ether oxygens (including phenoxy) is 1. The maximum atomic E-state index is 13.7. The Morgan fingerprint density at radius 2 is 2.00 bits per heavy atom. The number of aryl methyl sites for hydroxylation is 1. The second-order valence-corrected chi connectivity index (χ2v) is 10.8. The van der Waals surface area contributed by atoms with E-state index < -0.39 is 11.3 Å². The fourth-order valence-electron chi connectivity index (χ4n) is 4.66. The number of nitrogens with one attached hydrogen (secondary N) is 2. The Balaban J connectivity index is 1.29. The van der Waals surface area contributed by atoms with Crippen LogP contribution in [0.15, 0.2) is 12.4 Å². The Kier molecular flexibility index (Phi) is 7.02. The predicted molar refractivity (Wildman–Crippen MR) is 130 cm³/mol. The third-order valence-electron chi connectivity index (χ3n) is 6.81. The molecule has 10 heteroatoms. The summed E-state index contributed by atoms with van der Waals surface area (Å²) in [4.78, 5) is 12.3. The lowest BCUT2D eigenvalue weighted by atomic mass is 9.77. The number of halogens is 2. The van der Waals surface area contributed by atoms with Crippen molar-refractivity contribution in [3.8, 4) is 5.88 Å². The van der Waals surface area contributed by atoms with Crippen molar-refractivity contribution < 1.29 is 9.13 Å². The zero-order valence-corrected chi connectivity index (χ0v) is 21.0. The van der Waals surface area contributed by atoms with Gasteiger partial charge in [-0.1, -0.05) is 11.6 Å². The van der Waals surface area contributed by atoms with Crippen molar-refractivity contribution in [3.63, 3.8) is 0 Å². The van der Waals surface area contributed by atoms with Crippen molar-refractivity contribution in [1.82, 2.24) is 25.1 Å². The van der Waals surface area contributed by atoms with Gasteiger partial charge in [-0.2, -0.15) is 14.8 Å². The van der Waals surface area contributed by atoms with Crippen LogP contribution < -0.4 is 15.4 Å². The summed E-state index contributed by atoms with van der Waals surface area (Å²) in [6, 6.07) is 0.787. The molecule has 2 aliphatic carbocycles. The number of hydrogen-bond donors (Lipinski definition) is 2. The number of nitrogens with zero attached hydrogens (tertiary/aromatic N) is 5. The summed E-state index contributed by atoms with van der Waals surface area (Å²) < 4.78 is 21.3. The number of alkyl halides is 1. The van der Waals surface area contributed by atoms with Crippen LogP contribution in [-0.4, -0.2) is 44.1 Å². The molecule has 184 valence electrons. The Bertz CT molecular complexity index is 1050. The van der Waals surface area contributed by atoms with E-state index >= 15 is 0 Å². The predicted octanol–water partition coefficient (Wildman–Crippen LogP) is 5.41. The molecule has 8 nitrogen and oxygen atoms in total. The molecule has 0 aromatic carbocycles. The van der Waals surface area contributed by atoms with Gasteiger partial charge in [0.1, 0.15) is 10.7 Å². The molecule has 0 amide bonds. The number of anilines is 2. The molecule has 0 bridgehead atoms. The van der Waals surface area contributed by atoms with Crippen LogP contribution in [0.1, 0.15) is 65.0 Å². The standard InChI is InChI=1S/C24H33ClFN7O/c1-15-20(13-33(32-15)23(2,3)27-5)30-22-28-12-19(25)21(31-22)34-14-16-6-8-17(9-7-16)29-18-10-24(4,26)11-18/h12-13,16-18,29H,6-11,14H2,1-4H3,(H,28,30,31). The molecule has 2 saturated carbocycles. The first-order valence-corrected chi connectivity index (χ1v) is 12.2. The van der Waals surface area contributed by atoms with Crippen molar-refractivity contribution in [2.24, 2.45) is 5.92 Å². The maximum absolute atomic E-state index is 13.7. The van der Waals surface area contributed by atoms with Crippen molar-refractivity contribution in [1.29, 1.82) is 0 Å². The maximum Gasteiger partial charge on any atom is 0.319 e. The summed E-state index contributed by atoms with van der Waals surface area (Å²) in [7, 11) is 0. The van der Waals surface area contributed by atoms with Gasteiger partial charge in [0.15, 0.2) is 0 Å². The summed E-state index contributed by atoms with van der Waals surface area (Å²) in [6.45, 7) is 15.1. The average Bonchev–Trinajstić information content (AvgIpc) is 3.15. The SMILES string of the molecule is [C-]#[N+]C(C)(C)n1cc(Nc2ncc(Cl)c(OCC3CCC(NC4CC(C)(F)C4)CC3)n2)c(C)n1. The van der Waals surface area contributed by atoms with Crippen LogP contribution in [0.25, 0.3) is 4.85 Å². The molecule has 0 radical (unpaired) electrons. The topological polar surface area (TPSA) is 81.2 Å². The largest absolute Gasteiger partial charge is 0.476 e. The van der Waals surface area contributed by atoms with Gasteiger partial charge >= 0.3 is 5.66 Å². The van der Waals surface area contributed by atoms with E-state index in [4.69, 9.17) is 22.9 Å². The normalized spacial score (nSPS) is 27.0. The van der Waals surface area contributed by atoms with Gasteiger partial charge < -0.3 is 15.4 Å². The lowest BCUT2D eigenvalue weighted by molar-refractivity contribution is 0.0384. The molecular weight excluding hydrogens is 457 g/mol. The highest BCUT2D eigenvalue weighted by molar-refractivity contribution is 6.31. The minimum absolute atomic E-state index is 0.321. The van der Waals surface area contributed by atoms with E-state index in [-0.39, 0.29) is 0 Å². The minimum Gasteiger partial charge on any atom is -0.476 e. The van der Waals surface area contributed by atoms with Crippen molar-refractivity contribution >= 4 is 23.2 Å². The highest BCUT2D eigenvalue weighted by Crippen LogP contribution is 2.37. The van der Waals surface area contributed by atoms with E-state index in [0.29, 0.717) is 54.3 Å². The Morgan fingerprint density at radius 1 is 1.29 bits per heavy atom. The molecule has 0 aliphatic heterocycles. The van der Waals surface area contributed by atoms with E-state index in [2.05, 4.69) is 30.5 Å². The fourth-order valence-corrected chi connectivity index (χ4v) is 4.80. The molecule has 2 aromatic rings. The first-order valence-electron chi connectivity index (χ1n) is 11.9. The van der Waals surface area contributed by atoms with Gasteiger partial charge in [-0.3, -0.25) is 4.85 Å². The van der Waals surface area contributed by atoms with Gasteiger partial charge in [-0.25, -0.2) is 15.9 Å². The van der Waals surface area contributed by atoms with E-state index in [1.165, 1.54) is 6.20 Å². The van der Waals surface area contributed by atoms with Gasteiger partial charge in [0.05, 0.1) is 30.4 Å². The van der Waals surface area contributed by atoms with Crippen LogP contribution in [0.4, 0.5) is 16.0 Å². The van der Waals surface area contributed by atoms with Crippen LogP contribution in [0.3, 0.4) is 0 Å². The van der Waals surface area contributed by atoms with Crippen LogP contribution in [-0.2, 0) is 5.66 Å².